The number of aromatic amines is 1. The largest absolute Gasteiger partial charge is 0.382 e. The predicted molar refractivity (Wildman–Crippen MR) is 125 cm³/mol. The molecule has 0 spiro atoms. The van der Waals surface area contributed by atoms with Gasteiger partial charge in [0.15, 0.2) is 0 Å². The Balaban J connectivity index is 1.35. The lowest BCUT2D eigenvalue weighted by Gasteiger charge is -2.31. The molecule has 3 N–H and O–H groups in total. The first-order valence-electron chi connectivity index (χ1n) is 10.6. The summed E-state index contributed by atoms with van der Waals surface area (Å²) in [6.45, 7) is 1.43. The van der Waals surface area contributed by atoms with Crippen molar-refractivity contribution in [2.24, 2.45) is 0 Å². The molecule has 6 rings (SSSR count). The van der Waals surface area contributed by atoms with Gasteiger partial charge in [0.05, 0.1) is 17.3 Å². The second kappa shape index (κ2) is 7.45. The van der Waals surface area contributed by atoms with Gasteiger partial charge in [0.25, 0.3) is 5.91 Å². The van der Waals surface area contributed by atoms with Gasteiger partial charge >= 0.3 is 0 Å². The van der Waals surface area contributed by atoms with Gasteiger partial charge in [-0.1, -0.05) is 12.1 Å². The lowest BCUT2D eigenvalue weighted by atomic mass is 9.95. The van der Waals surface area contributed by atoms with E-state index in [1.807, 2.05) is 46.1 Å². The fraction of sp³-hybridized carbons (Fsp3) is 0.217. The van der Waals surface area contributed by atoms with E-state index in [2.05, 4.69) is 19.6 Å². The van der Waals surface area contributed by atoms with Gasteiger partial charge in [-0.05, 0) is 30.4 Å². The number of nitrogens with zero attached hydrogens (tertiary/aromatic N) is 5. The van der Waals surface area contributed by atoms with Crippen LogP contribution < -0.4 is 5.73 Å². The number of likely N-dealkylation sites (tertiary alicyclic amines) is 1. The molecule has 32 heavy (non-hydrogen) atoms. The van der Waals surface area contributed by atoms with Gasteiger partial charge in [-0.25, -0.2) is 9.97 Å². The van der Waals surface area contributed by atoms with E-state index in [1.165, 1.54) is 0 Å². The zero-order valence-corrected chi connectivity index (χ0v) is 18.0. The molecule has 1 amide bonds. The summed E-state index contributed by atoms with van der Waals surface area (Å²) < 4.78 is 2.07. The number of rotatable bonds is 3. The lowest BCUT2D eigenvalue weighted by molar-refractivity contribution is 0.0711. The molecule has 1 aromatic carbocycles. The molecule has 8 nitrogen and oxygen atoms in total. The van der Waals surface area contributed by atoms with Crippen LogP contribution in [0.15, 0.2) is 53.6 Å². The van der Waals surface area contributed by atoms with Crippen molar-refractivity contribution in [2.45, 2.75) is 18.8 Å². The van der Waals surface area contributed by atoms with Gasteiger partial charge in [0.1, 0.15) is 22.9 Å². The lowest BCUT2D eigenvalue weighted by Crippen LogP contribution is -2.38. The van der Waals surface area contributed by atoms with E-state index < -0.39 is 0 Å². The number of anilines is 1. The number of carbonyl (C=O) groups excluding carboxylic acids is 1. The molecule has 0 unspecified atom stereocenters. The highest BCUT2D eigenvalue weighted by Gasteiger charge is 2.29. The molecular formula is C23H21N7OS. The zero-order chi connectivity index (χ0) is 21.7. The number of aromatic nitrogens is 5. The maximum Gasteiger partial charge on any atom is 0.254 e. The first-order valence-corrected chi connectivity index (χ1v) is 11.5. The second-order valence-electron chi connectivity index (χ2n) is 8.10. The van der Waals surface area contributed by atoms with Crippen molar-refractivity contribution in [2.75, 3.05) is 18.8 Å². The minimum absolute atomic E-state index is 0.111. The SMILES string of the molecule is Nc1nccn2c(C3CCN(C(=O)c4ccsc4)CC3)nc(-c3ccc4cn[nH]c4c3)c12. The number of amides is 1. The highest BCUT2D eigenvalue weighted by atomic mass is 32.1. The number of imidazole rings is 1. The molecule has 5 aromatic rings. The number of carbonyl (C=O) groups is 1. The number of fused-ring (bicyclic) bond motifs is 2. The van der Waals surface area contributed by atoms with E-state index in [0.717, 1.165) is 51.9 Å². The fourth-order valence-electron chi connectivity index (χ4n) is 4.57. The number of hydrogen-bond donors (Lipinski definition) is 2. The maximum absolute atomic E-state index is 12.7. The Morgan fingerprint density at radius 3 is 2.91 bits per heavy atom. The Labute approximate surface area is 187 Å². The van der Waals surface area contributed by atoms with E-state index >= 15 is 0 Å². The molecule has 0 aliphatic carbocycles. The standard InChI is InChI=1S/C23H21N7OS/c24-21-20-19(15-1-2-16-12-26-28-18(16)11-15)27-22(30(20)9-6-25-21)14-3-7-29(8-4-14)23(31)17-5-10-32-13-17/h1-2,5-6,9-14H,3-4,7-8H2,(H2,24,25)(H,26,28). The molecule has 0 bridgehead atoms. The molecule has 4 aromatic heterocycles. The third kappa shape index (κ3) is 3.04. The molecule has 1 aliphatic heterocycles. The average molecular weight is 444 g/mol. The minimum Gasteiger partial charge on any atom is -0.382 e. The fourth-order valence-corrected chi connectivity index (χ4v) is 5.20. The smallest absolute Gasteiger partial charge is 0.254 e. The summed E-state index contributed by atoms with van der Waals surface area (Å²) in [5.74, 6) is 1.77. The number of piperidine rings is 1. The van der Waals surface area contributed by atoms with Crippen LogP contribution in [0.2, 0.25) is 0 Å². The zero-order valence-electron chi connectivity index (χ0n) is 17.2. The van der Waals surface area contributed by atoms with E-state index in [1.54, 1.807) is 23.7 Å². The molecule has 9 heteroatoms. The summed E-state index contributed by atoms with van der Waals surface area (Å²) in [4.78, 5) is 24.0. The number of nitrogens with one attached hydrogen (secondary N) is 1. The van der Waals surface area contributed by atoms with E-state index in [4.69, 9.17) is 10.7 Å². The van der Waals surface area contributed by atoms with E-state index in [9.17, 15) is 4.79 Å². The third-order valence-electron chi connectivity index (χ3n) is 6.24. The van der Waals surface area contributed by atoms with Gasteiger partial charge in [-0.3, -0.25) is 14.3 Å². The molecule has 1 fully saturated rings. The summed E-state index contributed by atoms with van der Waals surface area (Å²) in [5, 5.41) is 12.0. The van der Waals surface area contributed by atoms with Crippen LogP contribution in [0.1, 0.15) is 34.9 Å². The molecule has 160 valence electrons. The quantitative estimate of drug-likeness (QED) is 0.439. The van der Waals surface area contributed by atoms with Crippen molar-refractivity contribution in [3.05, 3.63) is 65.0 Å². The van der Waals surface area contributed by atoms with Crippen LogP contribution in [-0.4, -0.2) is 48.5 Å². The van der Waals surface area contributed by atoms with Crippen LogP contribution >= 0.6 is 11.3 Å². The molecule has 5 heterocycles. The summed E-state index contributed by atoms with van der Waals surface area (Å²) in [6.07, 6.45) is 7.16. The predicted octanol–water partition coefficient (Wildman–Crippen LogP) is 3.94. The molecule has 0 atom stereocenters. The maximum atomic E-state index is 12.7. The second-order valence-corrected chi connectivity index (χ2v) is 8.88. The molecule has 1 saturated heterocycles. The monoisotopic (exact) mass is 443 g/mol. The molecular weight excluding hydrogens is 422 g/mol. The van der Waals surface area contributed by atoms with Crippen LogP contribution in [0.5, 0.6) is 0 Å². The van der Waals surface area contributed by atoms with Crippen LogP contribution in [0, 0.1) is 0 Å². The minimum atomic E-state index is 0.111. The number of thiophene rings is 1. The average Bonchev–Trinajstić information content (AvgIpc) is 3.58. The normalized spacial score (nSPS) is 15.1. The van der Waals surface area contributed by atoms with Crippen molar-refractivity contribution in [3.63, 3.8) is 0 Å². The van der Waals surface area contributed by atoms with Gasteiger partial charge in [-0.15, -0.1) is 0 Å². The number of nitrogens with two attached hydrogens (primary N) is 1. The molecule has 0 radical (unpaired) electrons. The van der Waals surface area contributed by atoms with Gasteiger partial charge in [-0.2, -0.15) is 16.4 Å². The summed E-state index contributed by atoms with van der Waals surface area (Å²) >= 11 is 1.55. The van der Waals surface area contributed by atoms with Gasteiger partial charge < -0.3 is 10.6 Å². The van der Waals surface area contributed by atoms with Crippen molar-refractivity contribution in [1.82, 2.24) is 29.5 Å². The topological polar surface area (TPSA) is 105 Å². The number of nitrogen functional groups attached to an aromatic ring is 1. The van der Waals surface area contributed by atoms with Crippen LogP contribution in [-0.2, 0) is 0 Å². The Morgan fingerprint density at radius 1 is 1.22 bits per heavy atom. The van der Waals surface area contributed by atoms with Gasteiger partial charge in [0.2, 0.25) is 0 Å². The van der Waals surface area contributed by atoms with Crippen LogP contribution in [0.4, 0.5) is 5.82 Å². The van der Waals surface area contributed by atoms with Crippen molar-refractivity contribution in [3.8, 4) is 11.3 Å². The summed E-state index contributed by atoms with van der Waals surface area (Å²) in [7, 11) is 0. The highest BCUT2D eigenvalue weighted by Crippen LogP contribution is 2.35. The van der Waals surface area contributed by atoms with Crippen molar-refractivity contribution >= 4 is 39.5 Å². The highest BCUT2D eigenvalue weighted by molar-refractivity contribution is 7.08. The van der Waals surface area contributed by atoms with Crippen molar-refractivity contribution < 1.29 is 4.79 Å². The number of hydrogen-bond acceptors (Lipinski definition) is 6. The summed E-state index contributed by atoms with van der Waals surface area (Å²) in [5.41, 5.74) is 10.6. The van der Waals surface area contributed by atoms with Crippen LogP contribution in [0.3, 0.4) is 0 Å². The van der Waals surface area contributed by atoms with Crippen molar-refractivity contribution in [1.29, 1.82) is 0 Å². The Morgan fingerprint density at radius 2 is 2.09 bits per heavy atom. The first-order chi connectivity index (χ1) is 15.7. The Bertz CT molecular complexity index is 1430. The number of H-pyrrole nitrogens is 1. The Kier molecular flexibility index (Phi) is 4.43. The van der Waals surface area contributed by atoms with E-state index in [-0.39, 0.29) is 11.8 Å². The Hall–Kier alpha value is -3.72. The number of benzene rings is 1. The molecule has 1 aliphatic rings. The van der Waals surface area contributed by atoms with Crippen LogP contribution in [0.25, 0.3) is 27.7 Å². The van der Waals surface area contributed by atoms with Gasteiger partial charge in [0, 0.05) is 47.7 Å². The molecule has 0 saturated carbocycles. The summed E-state index contributed by atoms with van der Waals surface area (Å²) in [6, 6.07) is 8.00. The van der Waals surface area contributed by atoms with E-state index in [0.29, 0.717) is 18.9 Å². The first kappa shape index (κ1) is 19.0. The third-order valence-corrected chi connectivity index (χ3v) is 6.92.